The highest BCUT2D eigenvalue weighted by atomic mass is 19.4. The fraction of sp³-hybridized carbons (Fsp3) is 0.182. The van der Waals surface area contributed by atoms with E-state index in [0.717, 1.165) is 6.07 Å². The molecule has 17 heavy (non-hydrogen) atoms. The second-order valence-corrected chi connectivity index (χ2v) is 3.60. The number of aryl methyl sites for hydroxylation is 1. The molecule has 2 rings (SSSR count). The lowest BCUT2D eigenvalue weighted by atomic mass is 10.1. The normalized spacial score (nSPS) is 12.0. The van der Waals surface area contributed by atoms with Crippen LogP contribution in [0.5, 0.6) is 0 Å². The van der Waals surface area contributed by atoms with Gasteiger partial charge in [-0.2, -0.15) is 13.2 Å². The minimum atomic E-state index is -4.60. The molecule has 0 amide bonds. The van der Waals surface area contributed by atoms with Crippen LogP contribution in [-0.2, 0) is 6.18 Å². The lowest BCUT2D eigenvalue weighted by Crippen LogP contribution is -2.07. The first-order valence-electron chi connectivity index (χ1n) is 4.63. The molecule has 0 aliphatic carbocycles. The van der Waals surface area contributed by atoms with E-state index in [9.17, 15) is 18.0 Å². The smallest absolute Gasteiger partial charge is 0.416 e. The second kappa shape index (κ2) is 3.51. The van der Waals surface area contributed by atoms with Crippen molar-refractivity contribution < 1.29 is 27.5 Å². The maximum Gasteiger partial charge on any atom is 0.416 e. The van der Waals surface area contributed by atoms with Crippen LogP contribution in [0.15, 0.2) is 22.6 Å². The highest BCUT2D eigenvalue weighted by Gasteiger charge is 2.32. The predicted molar refractivity (Wildman–Crippen MR) is 52.9 cm³/mol. The Balaban J connectivity index is 2.80. The van der Waals surface area contributed by atoms with Crippen LogP contribution in [0.2, 0.25) is 0 Å². The average Bonchev–Trinajstić information content (AvgIpc) is 2.54. The van der Waals surface area contributed by atoms with E-state index in [-0.39, 0.29) is 11.0 Å². The van der Waals surface area contributed by atoms with Crippen molar-refractivity contribution in [2.24, 2.45) is 0 Å². The number of halogens is 3. The number of benzene rings is 1. The van der Waals surface area contributed by atoms with Gasteiger partial charge in [0, 0.05) is 5.39 Å². The SMILES string of the molecule is Cc1cc2c(C(=O)O)cc(C(F)(F)F)cc2o1. The van der Waals surface area contributed by atoms with Gasteiger partial charge in [-0.25, -0.2) is 4.79 Å². The molecule has 1 aromatic heterocycles. The molecule has 0 aliphatic heterocycles. The van der Waals surface area contributed by atoms with Crippen molar-refractivity contribution in [3.63, 3.8) is 0 Å². The van der Waals surface area contributed by atoms with E-state index in [1.165, 1.54) is 6.07 Å². The van der Waals surface area contributed by atoms with Gasteiger partial charge in [0.2, 0.25) is 0 Å². The highest BCUT2D eigenvalue weighted by molar-refractivity contribution is 6.02. The monoisotopic (exact) mass is 244 g/mol. The molecule has 0 atom stereocenters. The van der Waals surface area contributed by atoms with Crippen LogP contribution < -0.4 is 0 Å². The van der Waals surface area contributed by atoms with E-state index in [0.29, 0.717) is 11.8 Å². The van der Waals surface area contributed by atoms with E-state index in [2.05, 4.69) is 0 Å². The van der Waals surface area contributed by atoms with Gasteiger partial charge < -0.3 is 9.52 Å². The number of hydrogen-bond donors (Lipinski definition) is 1. The van der Waals surface area contributed by atoms with Crippen molar-refractivity contribution in [3.05, 3.63) is 35.1 Å². The Bertz CT molecular complexity index is 596. The van der Waals surface area contributed by atoms with Crippen LogP contribution in [0, 0.1) is 6.92 Å². The number of furan rings is 1. The van der Waals surface area contributed by atoms with Gasteiger partial charge in [-0.3, -0.25) is 0 Å². The van der Waals surface area contributed by atoms with Gasteiger partial charge in [0.05, 0.1) is 11.1 Å². The van der Waals surface area contributed by atoms with Gasteiger partial charge in [-0.1, -0.05) is 0 Å². The third-order valence-electron chi connectivity index (χ3n) is 2.32. The molecule has 0 spiro atoms. The number of fused-ring (bicyclic) bond motifs is 1. The van der Waals surface area contributed by atoms with Crippen LogP contribution in [0.25, 0.3) is 11.0 Å². The summed E-state index contributed by atoms with van der Waals surface area (Å²) in [5.41, 5.74) is -1.52. The third-order valence-corrected chi connectivity index (χ3v) is 2.32. The number of aromatic carboxylic acids is 1. The van der Waals surface area contributed by atoms with Crippen LogP contribution in [0.4, 0.5) is 13.2 Å². The topological polar surface area (TPSA) is 50.4 Å². The zero-order valence-corrected chi connectivity index (χ0v) is 8.63. The van der Waals surface area contributed by atoms with Crippen molar-refractivity contribution >= 4 is 16.9 Å². The summed E-state index contributed by atoms with van der Waals surface area (Å²) in [5.74, 6) is -1.05. The zero-order valence-electron chi connectivity index (χ0n) is 8.63. The Morgan fingerprint density at radius 2 is 1.94 bits per heavy atom. The molecular formula is C11H7F3O3. The Hall–Kier alpha value is -1.98. The molecule has 3 nitrogen and oxygen atoms in total. The summed E-state index contributed by atoms with van der Waals surface area (Å²) < 4.78 is 42.6. The quantitative estimate of drug-likeness (QED) is 0.835. The van der Waals surface area contributed by atoms with Gasteiger partial charge in [0.25, 0.3) is 0 Å². The van der Waals surface area contributed by atoms with E-state index in [1.807, 2.05) is 0 Å². The molecule has 0 radical (unpaired) electrons. The largest absolute Gasteiger partial charge is 0.478 e. The lowest BCUT2D eigenvalue weighted by molar-refractivity contribution is -0.137. The summed E-state index contributed by atoms with van der Waals surface area (Å²) in [6.07, 6.45) is -4.60. The predicted octanol–water partition coefficient (Wildman–Crippen LogP) is 3.46. The van der Waals surface area contributed by atoms with Crippen LogP contribution in [-0.4, -0.2) is 11.1 Å². The zero-order chi connectivity index (χ0) is 12.8. The molecular weight excluding hydrogens is 237 g/mol. The second-order valence-electron chi connectivity index (χ2n) is 3.60. The minimum Gasteiger partial charge on any atom is -0.478 e. The maximum absolute atomic E-state index is 12.5. The van der Waals surface area contributed by atoms with E-state index in [1.54, 1.807) is 6.92 Å². The van der Waals surface area contributed by atoms with Gasteiger partial charge >= 0.3 is 12.1 Å². The van der Waals surface area contributed by atoms with Gasteiger partial charge in [-0.15, -0.1) is 0 Å². The number of rotatable bonds is 1. The summed E-state index contributed by atoms with van der Waals surface area (Å²) in [5, 5.41) is 9.04. The van der Waals surface area contributed by atoms with Gasteiger partial charge in [0.15, 0.2) is 0 Å². The third kappa shape index (κ3) is 1.98. The first-order valence-corrected chi connectivity index (χ1v) is 4.63. The van der Waals surface area contributed by atoms with Crippen molar-refractivity contribution in [2.75, 3.05) is 0 Å². The summed E-state index contributed by atoms with van der Waals surface area (Å²) in [4.78, 5) is 10.9. The van der Waals surface area contributed by atoms with E-state index in [4.69, 9.17) is 9.52 Å². The summed E-state index contributed by atoms with van der Waals surface area (Å²) >= 11 is 0. The number of carboxylic acid groups (broad SMARTS) is 1. The molecule has 1 N–H and O–H groups in total. The highest BCUT2D eigenvalue weighted by Crippen LogP contribution is 2.34. The lowest BCUT2D eigenvalue weighted by Gasteiger charge is -2.07. The summed E-state index contributed by atoms with van der Waals surface area (Å²) in [7, 11) is 0. The van der Waals surface area contributed by atoms with Gasteiger partial charge in [-0.05, 0) is 25.1 Å². The van der Waals surface area contributed by atoms with Crippen molar-refractivity contribution in [1.82, 2.24) is 0 Å². The fourth-order valence-corrected chi connectivity index (χ4v) is 1.61. The molecule has 2 aromatic rings. The molecule has 0 unspecified atom stereocenters. The molecule has 1 heterocycles. The maximum atomic E-state index is 12.5. The molecule has 0 bridgehead atoms. The average molecular weight is 244 g/mol. The van der Waals surface area contributed by atoms with Crippen molar-refractivity contribution in [2.45, 2.75) is 13.1 Å². The van der Waals surface area contributed by atoms with Crippen molar-refractivity contribution in [3.8, 4) is 0 Å². The molecule has 1 aromatic carbocycles. The number of carboxylic acids is 1. The molecule has 0 fully saturated rings. The molecule has 6 heteroatoms. The number of carbonyl (C=O) groups is 1. The van der Waals surface area contributed by atoms with E-state index >= 15 is 0 Å². The first-order chi connectivity index (χ1) is 7.79. The van der Waals surface area contributed by atoms with Crippen LogP contribution >= 0.6 is 0 Å². The molecule has 0 aliphatic rings. The Morgan fingerprint density at radius 1 is 1.29 bits per heavy atom. The summed E-state index contributed by atoms with van der Waals surface area (Å²) in [6.45, 7) is 1.54. The Kier molecular flexibility index (Phi) is 2.38. The minimum absolute atomic E-state index is 0.0743. The summed E-state index contributed by atoms with van der Waals surface area (Å²) in [6, 6.07) is 2.81. The Morgan fingerprint density at radius 3 is 2.47 bits per heavy atom. The fourth-order valence-electron chi connectivity index (χ4n) is 1.61. The van der Waals surface area contributed by atoms with Gasteiger partial charge in [0.1, 0.15) is 11.3 Å². The van der Waals surface area contributed by atoms with Crippen molar-refractivity contribution in [1.29, 1.82) is 0 Å². The van der Waals surface area contributed by atoms with Crippen LogP contribution in [0.1, 0.15) is 21.7 Å². The molecule has 90 valence electrons. The standard InChI is InChI=1S/C11H7F3O3/c1-5-2-7-8(10(15)16)3-6(11(12,13)14)4-9(7)17-5/h2-4H,1H3,(H,15,16). The Labute approximate surface area is 93.5 Å². The molecule has 0 saturated carbocycles. The first kappa shape index (κ1) is 11.5. The number of alkyl halides is 3. The van der Waals surface area contributed by atoms with Crippen LogP contribution in [0.3, 0.4) is 0 Å². The number of hydrogen-bond acceptors (Lipinski definition) is 2. The molecule has 0 saturated heterocycles. The van der Waals surface area contributed by atoms with E-state index < -0.39 is 23.3 Å².